The van der Waals surface area contributed by atoms with Crippen LogP contribution in [-0.2, 0) is 9.53 Å². The van der Waals surface area contributed by atoms with E-state index in [9.17, 15) is 4.79 Å². The topological polar surface area (TPSA) is 60.5 Å². The zero-order valence-corrected chi connectivity index (χ0v) is 15.6. The second kappa shape index (κ2) is 8.81. The number of pyridine rings is 1. The van der Waals surface area contributed by atoms with Crippen LogP contribution < -0.4 is 10.1 Å². The number of anilines is 1. The number of amides is 1. The lowest BCUT2D eigenvalue weighted by molar-refractivity contribution is -0.139. The molecule has 0 spiro atoms. The quantitative estimate of drug-likeness (QED) is 0.678. The van der Waals surface area contributed by atoms with Gasteiger partial charge in [0.1, 0.15) is 16.9 Å². The molecule has 1 aromatic heterocycles. The van der Waals surface area contributed by atoms with E-state index < -0.39 is 5.60 Å². The van der Waals surface area contributed by atoms with Crippen molar-refractivity contribution in [2.24, 2.45) is 0 Å². The number of carbonyl (C=O) groups excluding carboxylic acids is 1. The third kappa shape index (κ3) is 4.48. The fraction of sp³-hybridized carbons (Fsp3) is 0.500. The van der Waals surface area contributed by atoms with Crippen molar-refractivity contribution in [1.82, 2.24) is 4.98 Å². The molecular weight excluding hydrogens is 316 g/mol. The Labute approximate surface area is 149 Å². The molecule has 0 radical (unpaired) electrons. The Bertz CT molecular complexity index is 717. The van der Waals surface area contributed by atoms with E-state index in [1.165, 1.54) is 0 Å². The number of benzene rings is 1. The molecule has 136 valence electrons. The van der Waals surface area contributed by atoms with Gasteiger partial charge in [0.05, 0.1) is 12.3 Å². The SMILES string of the molecule is CCCCOc1ccc(NC(=O)[C@@](C)(CC)OCC)c2cccnc12. The van der Waals surface area contributed by atoms with E-state index in [1.54, 1.807) is 6.20 Å². The highest BCUT2D eigenvalue weighted by Gasteiger charge is 2.32. The minimum Gasteiger partial charge on any atom is -0.491 e. The number of nitrogens with one attached hydrogen (secondary N) is 1. The van der Waals surface area contributed by atoms with Crippen molar-refractivity contribution in [3.8, 4) is 5.75 Å². The van der Waals surface area contributed by atoms with Crippen LogP contribution in [0.1, 0.15) is 47.0 Å². The number of ether oxygens (including phenoxy) is 2. The predicted molar refractivity (Wildman–Crippen MR) is 101 cm³/mol. The number of fused-ring (bicyclic) bond motifs is 1. The first-order valence-electron chi connectivity index (χ1n) is 9.01. The third-order valence-corrected chi connectivity index (χ3v) is 4.35. The Morgan fingerprint density at radius 3 is 2.72 bits per heavy atom. The molecule has 5 heteroatoms. The van der Waals surface area contributed by atoms with Crippen LogP contribution in [0.5, 0.6) is 5.75 Å². The maximum Gasteiger partial charge on any atom is 0.256 e. The summed E-state index contributed by atoms with van der Waals surface area (Å²) in [5.41, 5.74) is 0.626. The van der Waals surface area contributed by atoms with Gasteiger partial charge in [-0.15, -0.1) is 0 Å². The average molecular weight is 344 g/mol. The first kappa shape index (κ1) is 19.2. The van der Waals surface area contributed by atoms with E-state index in [-0.39, 0.29) is 5.91 Å². The summed E-state index contributed by atoms with van der Waals surface area (Å²) in [5.74, 6) is 0.590. The molecule has 0 unspecified atom stereocenters. The maximum atomic E-state index is 12.7. The summed E-state index contributed by atoms with van der Waals surface area (Å²) in [6.07, 6.45) is 4.40. The molecule has 0 aliphatic carbocycles. The molecule has 1 atom stereocenters. The van der Waals surface area contributed by atoms with Crippen LogP contribution >= 0.6 is 0 Å². The molecule has 0 fully saturated rings. The van der Waals surface area contributed by atoms with Gasteiger partial charge in [0.2, 0.25) is 0 Å². The van der Waals surface area contributed by atoms with Gasteiger partial charge in [0, 0.05) is 18.2 Å². The first-order chi connectivity index (χ1) is 12.1. The Morgan fingerprint density at radius 2 is 2.04 bits per heavy atom. The second-order valence-electron chi connectivity index (χ2n) is 6.18. The number of unbranched alkanes of at least 4 members (excludes halogenated alkanes) is 1. The van der Waals surface area contributed by atoms with Crippen LogP contribution in [0.15, 0.2) is 30.5 Å². The van der Waals surface area contributed by atoms with Crippen LogP contribution in [0.25, 0.3) is 10.9 Å². The predicted octanol–water partition coefficient (Wildman–Crippen LogP) is 4.56. The molecule has 0 saturated heterocycles. The molecule has 0 saturated carbocycles. The van der Waals surface area contributed by atoms with Crippen LogP contribution in [-0.4, -0.2) is 29.7 Å². The summed E-state index contributed by atoms with van der Waals surface area (Å²) in [7, 11) is 0. The molecule has 0 aliphatic rings. The monoisotopic (exact) mass is 344 g/mol. The number of hydrogen-bond donors (Lipinski definition) is 1. The lowest BCUT2D eigenvalue weighted by Crippen LogP contribution is -2.42. The molecule has 25 heavy (non-hydrogen) atoms. The summed E-state index contributed by atoms with van der Waals surface area (Å²) in [6, 6.07) is 7.53. The highest BCUT2D eigenvalue weighted by molar-refractivity contribution is 6.05. The second-order valence-corrected chi connectivity index (χ2v) is 6.18. The van der Waals surface area contributed by atoms with Crippen LogP contribution in [0, 0.1) is 0 Å². The Balaban J connectivity index is 2.30. The summed E-state index contributed by atoms with van der Waals surface area (Å²) in [5, 5.41) is 3.86. The van der Waals surface area contributed by atoms with E-state index in [1.807, 2.05) is 45.0 Å². The third-order valence-electron chi connectivity index (χ3n) is 4.35. The first-order valence-corrected chi connectivity index (χ1v) is 9.01. The average Bonchev–Trinajstić information content (AvgIpc) is 2.63. The largest absolute Gasteiger partial charge is 0.491 e. The normalized spacial score (nSPS) is 13.4. The van der Waals surface area contributed by atoms with Crippen molar-refractivity contribution >= 4 is 22.5 Å². The highest BCUT2D eigenvalue weighted by atomic mass is 16.5. The lowest BCUT2D eigenvalue weighted by Gasteiger charge is -2.27. The van der Waals surface area contributed by atoms with Gasteiger partial charge < -0.3 is 14.8 Å². The van der Waals surface area contributed by atoms with Crippen LogP contribution in [0.3, 0.4) is 0 Å². The van der Waals surface area contributed by atoms with Gasteiger partial charge in [-0.05, 0) is 51.0 Å². The van der Waals surface area contributed by atoms with Gasteiger partial charge in [-0.3, -0.25) is 9.78 Å². The molecule has 5 nitrogen and oxygen atoms in total. The van der Waals surface area contributed by atoms with Crippen LogP contribution in [0.4, 0.5) is 5.69 Å². The van der Waals surface area contributed by atoms with E-state index in [0.29, 0.717) is 19.6 Å². The molecular formula is C20H28N2O3. The Morgan fingerprint density at radius 1 is 1.24 bits per heavy atom. The molecule has 2 aromatic rings. The van der Waals surface area contributed by atoms with Gasteiger partial charge >= 0.3 is 0 Å². The van der Waals surface area contributed by atoms with E-state index >= 15 is 0 Å². The standard InChI is InChI=1S/C20H28N2O3/c1-5-8-14-24-17-12-11-16(15-10-9-13-21-18(15)17)22-19(23)20(4,6-2)25-7-3/h9-13H,5-8,14H2,1-4H3,(H,22,23)/t20-/m1/s1. The van der Waals surface area contributed by atoms with Crippen molar-refractivity contribution in [3.63, 3.8) is 0 Å². The smallest absolute Gasteiger partial charge is 0.256 e. The molecule has 1 amide bonds. The summed E-state index contributed by atoms with van der Waals surface area (Å²) in [4.78, 5) is 17.1. The number of nitrogens with zero attached hydrogens (tertiary/aromatic N) is 1. The van der Waals surface area contributed by atoms with Gasteiger partial charge in [-0.2, -0.15) is 0 Å². The maximum absolute atomic E-state index is 12.7. The Kier molecular flexibility index (Phi) is 6.76. The number of aromatic nitrogens is 1. The number of carbonyl (C=O) groups is 1. The van der Waals surface area contributed by atoms with E-state index in [0.717, 1.165) is 35.2 Å². The van der Waals surface area contributed by atoms with Crippen molar-refractivity contribution in [2.45, 2.75) is 52.6 Å². The molecule has 1 N–H and O–H groups in total. The summed E-state index contributed by atoms with van der Waals surface area (Å²) < 4.78 is 11.5. The van der Waals surface area contributed by atoms with Gasteiger partial charge in [0.25, 0.3) is 5.91 Å². The van der Waals surface area contributed by atoms with Gasteiger partial charge in [0.15, 0.2) is 0 Å². The van der Waals surface area contributed by atoms with Crippen molar-refractivity contribution < 1.29 is 14.3 Å². The minimum atomic E-state index is -0.848. The Hall–Kier alpha value is -2.14. The zero-order valence-electron chi connectivity index (χ0n) is 15.6. The fourth-order valence-electron chi connectivity index (χ4n) is 2.60. The lowest BCUT2D eigenvalue weighted by atomic mass is 10.0. The summed E-state index contributed by atoms with van der Waals surface area (Å²) >= 11 is 0. The van der Waals surface area contributed by atoms with Crippen molar-refractivity contribution in [1.29, 1.82) is 0 Å². The molecule has 0 aliphatic heterocycles. The van der Waals surface area contributed by atoms with E-state index in [4.69, 9.17) is 9.47 Å². The van der Waals surface area contributed by atoms with Gasteiger partial charge in [-0.1, -0.05) is 20.3 Å². The van der Waals surface area contributed by atoms with Crippen molar-refractivity contribution in [3.05, 3.63) is 30.5 Å². The zero-order chi connectivity index (χ0) is 18.3. The number of rotatable bonds is 9. The highest BCUT2D eigenvalue weighted by Crippen LogP contribution is 2.31. The molecule has 1 heterocycles. The molecule has 1 aromatic carbocycles. The summed E-state index contributed by atoms with van der Waals surface area (Å²) in [6.45, 7) is 8.93. The minimum absolute atomic E-state index is 0.151. The fourth-order valence-corrected chi connectivity index (χ4v) is 2.60. The number of hydrogen-bond acceptors (Lipinski definition) is 4. The molecule has 2 rings (SSSR count). The van der Waals surface area contributed by atoms with Gasteiger partial charge in [-0.25, -0.2) is 0 Å². The molecule has 0 bridgehead atoms. The van der Waals surface area contributed by atoms with Crippen LogP contribution in [0.2, 0.25) is 0 Å². The van der Waals surface area contributed by atoms with Crippen molar-refractivity contribution in [2.75, 3.05) is 18.5 Å². The van der Waals surface area contributed by atoms with E-state index in [2.05, 4.69) is 17.2 Å².